The first-order chi connectivity index (χ1) is 7.20. The van der Waals surface area contributed by atoms with E-state index in [9.17, 15) is 4.79 Å². The lowest BCUT2D eigenvalue weighted by Crippen LogP contribution is -2.15. The number of anilines is 1. The molecule has 1 fully saturated rings. The predicted octanol–water partition coefficient (Wildman–Crippen LogP) is 0.906. The summed E-state index contributed by atoms with van der Waals surface area (Å²) in [5.74, 6) is 0.735. The van der Waals surface area contributed by atoms with Crippen molar-refractivity contribution in [1.82, 2.24) is 9.78 Å². The Morgan fingerprint density at radius 1 is 1.73 bits per heavy atom. The second kappa shape index (κ2) is 3.92. The van der Waals surface area contributed by atoms with Crippen molar-refractivity contribution in [2.45, 2.75) is 31.7 Å². The van der Waals surface area contributed by atoms with Gasteiger partial charge in [0.05, 0.1) is 12.8 Å². The van der Waals surface area contributed by atoms with Gasteiger partial charge in [-0.2, -0.15) is 5.10 Å². The Balaban J connectivity index is 2.10. The molecule has 0 spiro atoms. The monoisotopic (exact) mass is 209 g/mol. The lowest BCUT2D eigenvalue weighted by molar-refractivity contribution is -0.141. The second-order valence-corrected chi connectivity index (χ2v) is 3.86. The molecule has 0 radical (unpaired) electrons. The second-order valence-electron chi connectivity index (χ2n) is 3.86. The maximum Gasteiger partial charge on any atom is 0.327 e. The summed E-state index contributed by atoms with van der Waals surface area (Å²) in [5.41, 5.74) is 6.76. The Kier molecular flexibility index (Phi) is 2.62. The Morgan fingerprint density at radius 2 is 2.47 bits per heavy atom. The number of esters is 1. The Hall–Kier alpha value is -1.52. The standard InChI is InChI=1S/C10H15N3O2/c1-15-10(14)6-13-9(11)5-8(12-13)7-3-2-4-7/h5,7H,2-4,6,11H2,1H3. The van der Waals surface area contributed by atoms with Crippen LogP contribution in [0.2, 0.25) is 0 Å². The smallest absolute Gasteiger partial charge is 0.327 e. The normalized spacial score (nSPS) is 16.1. The summed E-state index contributed by atoms with van der Waals surface area (Å²) in [6, 6.07) is 1.85. The van der Waals surface area contributed by atoms with Crippen LogP contribution in [0.15, 0.2) is 6.07 Å². The minimum absolute atomic E-state index is 0.0923. The molecule has 0 unspecified atom stereocenters. The highest BCUT2D eigenvalue weighted by atomic mass is 16.5. The van der Waals surface area contributed by atoms with Crippen LogP contribution in [0.25, 0.3) is 0 Å². The summed E-state index contributed by atoms with van der Waals surface area (Å²) in [4.78, 5) is 11.1. The molecule has 1 saturated carbocycles. The van der Waals surface area contributed by atoms with Crippen LogP contribution in [-0.4, -0.2) is 22.9 Å². The topological polar surface area (TPSA) is 70.1 Å². The molecule has 1 aliphatic rings. The average Bonchev–Trinajstić information content (AvgIpc) is 2.44. The van der Waals surface area contributed by atoms with E-state index in [1.165, 1.54) is 31.1 Å². The third kappa shape index (κ3) is 1.95. The van der Waals surface area contributed by atoms with Gasteiger partial charge in [-0.3, -0.25) is 4.79 Å². The number of methoxy groups -OCH3 is 1. The lowest BCUT2D eigenvalue weighted by atomic mass is 9.83. The first kappa shape index (κ1) is 10.0. The molecule has 5 heteroatoms. The quantitative estimate of drug-likeness (QED) is 0.751. The maximum absolute atomic E-state index is 11.1. The summed E-state index contributed by atoms with van der Waals surface area (Å²) in [6.07, 6.45) is 3.61. The molecular weight excluding hydrogens is 194 g/mol. The molecule has 0 amide bonds. The van der Waals surface area contributed by atoms with Crippen molar-refractivity contribution >= 4 is 11.8 Å². The average molecular weight is 209 g/mol. The number of hydrogen-bond acceptors (Lipinski definition) is 4. The van der Waals surface area contributed by atoms with Gasteiger partial charge in [-0.25, -0.2) is 4.68 Å². The van der Waals surface area contributed by atoms with Gasteiger partial charge in [0.1, 0.15) is 12.4 Å². The van der Waals surface area contributed by atoms with Crippen LogP contribution in [0.4, 0.5) is 5.82 Å². The van der Waals surface area contributed by atoms with Crippen molar-refractivity contribution in [3.63, 3.8) is 0 Å². The number of carbonyl (C=O) groups is 1. The van der Waals surface area contributed by atoms with E-state index in [1.54, 1.807) is 0 Å². The molecule has 1 aromatic rings. The Labute approximate surface area is 88.2 Å². The predicted molar refractivity (Wildman–Crippen MR) is 55.2 cm³/mol. The highest BCUT2D eigenvalue weighted by Crippen LogP contribution is 2.36. The van der Waals surface area contributed by atoms with E-state index in [1.807, 2.05) is 6.07 Å². The first-order valence-corrected chi connectivity index (χ1v) is 5.10. The molecule has 1 aromatic heterocycles. The van der Waals surface area contributed by atoms with E-state index in [4.69, 9.17) is 5.73 Å². The van der Waals surface area contributed by atoms with E-state index < -0.39 is 0 Å². The number of nitrogen functional groups attached to an aromatic ring is 1. The molecule has 0 saturated heterocycles. The minimum Gasteiger partial charge on any atom is -0.468 e. The fraction of sp³-hybridized carbons (Fsp3) is 0.600. The van der Waals surface area contributed by atoms with E-state index in [0.29, 0.717) is 11.7 Å². The summed E-state index contributed by atoms with van der Waals surface area (Å²) >= 11 is 0. The zero-order valence-corrected chi connectivity index (χ0v) is 8.77. The van der Waals surface area contributed by atoms with Gasteiger partial charge in [0.2, 0.25) is 0 Å². The third-order valence-electron chi connectivity index (χ3n) is 2.86. The van der Waals surface area contributed by atoms with E-state index in [-0.39, 0.29) is 12.5 Å². The third-order valence-corrected chi connectivity index (χ3v) is 2.86. The highest BCUT2D eigenvalue weighted by Gasteiger charge is 2.23. The van der Waals surface area contributed by atoms with Crippen LogP contribution in [0.3, 0.4) is 0 Å². The van der Waals surface area contributed by atoms with E-state index in [0.717, 1.165) is 5.69 Å². The van der Waals surface area contributed by atoms with Gasteiger partial charge in [0.25, 0.3) is 0 Å². The summed E-state index contributed by atoms with van der Waals surface area (Å²) in [6.45, 7) is 0.0923. The molecule has 1 aliphatic carbocycles. The number of nitrogens with zero attached hydrogens (tertiary/aromatic N) is 2. The van der Waals surface area contributed by atoms with Gasteiger partial charge in [-0.1, -0.05) is 6.42 Å². The lowest BCUT2D eigenvalue weighted by Gasteiger charge is -2.22. The van der Waals surface area contributed by atoms with Crippen molar-refractivity contribution in [3.05, 3.63) is 11.8 Å². The van der Waals surface area contributed by atoms with Gasteiger partial charge in [-0.05, 0) is 12.8 Å². The van der Waals surface area contributed by atoms with Crippen molar-refractivity contribution < 1.29 is 9.53 Å². The minimum atomic E-state index is -0.329. The maximum atomic E-state index is 11.1. The largest absolute Gasteiger partial charge is 0.468 e. The van der Waals surface area contributed by atoms with Crippen LogP contribution in [0, 0.1) is 0 Å². The molecule has 5 nitrogen and oxygen atoms in total. The number of hydrogen-bond donors (Lipinski definition) is 1. The fourth-order valence-electron chi connectivity index (χ4n) is 1.67. The molecule has 2 N–H and O–H groups in total. The van der Waals surface area contributed by atoms with Crippen LogP contribution in [0.5, 0.6) is 0 Å². The molecule has 0 bridgehead atoms. The summed E-state index contributed by atoms with van der Waals surface area (Å²) < 4.78 is 6.06. The Bertz CT molecular complexity index is 369. The molecule has 0 atom stereocenters. The van der Waals surface area contributed by atoms with Crippen molar-refractivity contribution in [2.24, 2.45) is 0 Å². The first-order valence-electron chi connectivity index (χ1n) is 5.10. The van der Waals surface area contributed by atoms with Crippen molar-refractivity contribution in [2.75, 3.05) is 12.8 Å². The number of carbonyl (C=O) groups excluding carboxylic acids is 1. The van der Waals surface area contributed by atoms with Crippen LogP contribution >= 0.6 is 0 Å². The fourth-order valence-corrected chi connectivity index (χ4v) is 1.67. The van der Waals surface area contributed by atoms with Crippen LogP contribution < -0.4 is 5.73 Å². The zero-order chi connectivity index (χ0) is 10.8. The Morgan fingerprint density at radius 3 is 3.00 bits per heavy atom. The molecule has 1 heterocycles. The molecular formula is C10H15N3O2. The van der Waals surface area contributed by atoms with Gasteiger partial charge >= 0.3 is 5.97 Å². The summed E-state index contributed by atoms with van der Waals surface area (Å²) in [5, 5.41) is 4.31. The van der Waals surface area contributed by atoms with Gasteiger partial charge in [0, 0.05) is 12.0 Å². The van der Waals surface area contributed by atoms with E-state index >= 15 is 0 Å². The van der Waals surface area contributed by atoms with Gasteiger partial charge < -0.3 is 10.5 Å². The molecule has 0 aromatic carbocycles. The molecule has 15 heavy (non-hydrogen) atoms. The van der Waals surface area contributed by atoms with Crippen LogP contribution in [-0.2, 0) is 16.1 Å². The highest BCUT2D eigenvalue weighted by molar-refractivity contribution is 5.69. The van der Waals surface area contributed by atoms with Gasteiger partial charge in [-0.15, -0.1) is 0 Å². The number of aromatic nitrogens is 2. The number of nitrogens with two attached hydrogens (primary N) is 1. The number of rotatable bonds is 3. The number of ether oxygens (including phenoxy) is 1. The van der Waals surface area contributed by atoms with Crippen molar-refractivity contribution in [1.29, 1.82) is 0 Å². The summed E-state index contributed by atoms with van der Waals surface area (Å²) in [7, 11) is 1.36. The molecule has 82 valence electrons. The zero-order valence-electron chi connectivity index (χ0n) is 8.77. The van der Waals surface area contributed by atoms with Gasteiger partial charge in [0.15, 0.2) is 0 Å². The molecule has 2 rings (SSSR count). The van der Waals surface area contributed by atoms with E-state index in [2.05, 4.69) is 9.84 Å². The van der Waals surface area contributed by atoms with Crippen LogP contribution in [0.1, 0.15) is 30.9 Å². The SMILES string of the molecule is COC(=O)Cn1nc(C2CCC2)cc1N. The van der Waals surface area contributed by atoms with Crippen molar-refractivity contribution in [3.8, 4) is 0 Å². The molecule has 0 aliphatic heterocycles.